The van der Waals surface area contributed by atoms with E-state index in [0.717, 1.165) is 37.9 Å². The van der Waals surface area contributed by atoms with Gasteiger partial charge in [0.25, 0.3) is 0 Å². The minimum absolute atomic E-state index is 0.144. The second-order valence-electron chi connectivity index (χ2n) is 6.85. The number of hydrogen-bond acceptors (Lipinski definition) is 3. The Hall–Kier alpha value is -1.72. The van der Waals surface area contributed by atoms with Crippen LogP contribution in [0.15, 0.2) is 30.3 Å². The van der Waals surface area contributed by atoms with Crippen LogP contribution in [0.4, 0.5) is 4.39 Å². The summed E-state index contributed by atoms with van der Waals surface area (Å²) in [6, 6.07) is 6.39. The molecule has 1 aromatic carbocycles. The van der Waals surface area contributed by atoms with Gasteiger partial charge in [-0.05, 0) is 43.5 Å². The number of hydrogen-bond donors (Lipinski definition) is 2. The third-order valence-corrected chi connectivity index (χ3v) is 4.84. The maximum atomic E-state index is 12.9. The molecule has 0 spiro atoms. The standard InChI is InChI=1S/C19H25FN2O2/c20-17-7-3-14(4-8-17)2-1-10-22-11-9-16(18(23)13-22)12-21-19(24)15-5-6-15/h1-4,7-8,15-16,18,23H,5-6,9-13H2,(H,21,24)/b2-1+/t16-,18+/m0/s1. The number of amides is 1. The lowest BCUT2D eigenvalue weighted by atomic mass is 9.93. The molecule has 2 atom stereocenters. The average molecular weight is 332 g/mol. The van der Waals surface area contributed by atoms with Crippen molar-refractivity contribution in [2.75, 3.05) is 26.2 Å². The summed E-state index contributed by atoms with van der Waals surface area (Å²) in [5, 5.41) is 13.3. The third kappa shape index (κ3) is 4.89. The first-order valence-corrected chi connectivity index (χ1v) is 8.72. The molecule has 130 valence electrons. The lowest BCUT2D eigenvalue weighted by molar-refractivity contribution is -0.122. The molecule has 0 bridgehead atoms. The summed E-state index contributed by atoms with van der Waals surface area (Å²) in [5.74, 6) is 0.279. The first kappa shape index (κ1) is 17.1. The second-order valence-corrected chi connectivity index (χ2v) is 6.85. The fourth-order valence-corrected chi connectivity index (χ4v) is 3.08. The summed E-state index contributed by atoms with van der Waals surface area (Å²) in [5.41, 5.74) is 0.967. The van der Waals surface area contributed by atoms with Crippen LogP contribution in [-0.2, 0) is 4.79 Å². The van der Waals surface area contributed by atoms with Gasteiger partial charge in [0.2, 0.25) is 5.91 Å². The molecule has 0 unspecified atom stereocenters. The third-order valence-electron chi connectivity index (χ3n) is 4.84. The van der Waals surface area contributed by atoms with Crippen LogP contribution in [0, 0.1) is 17.7 Å². The van der Waals surface area contributed by atoms with Crippen LogP contribution >= 0.6 is 0 Å². The van der Waals surface area contributed by atoms with Crippen molar-refractivity contribution in [1.29, 1.82) is 0 Å². The van der Waals surface area contributed by atoms with Gasteiger partial charge >= 0.3 is 0 Å². The summed E-state index contributed by atoms with van der Waals surface area (Å²) in [6.07, 6.45) is 6.50. The number of carbonyl (C=O) groups is 1. The number of β-amino-alcohol motifs (C(OH)–C–C–N with tert-alkyl or cyclic N) is 1. The van der Waals surface area contributed by atoms with Crippen LogP contribution in [0.2, 0.25) is 0 Å². The highest BCUT2D eigenvalue weighted by molar-refractivity contribution is 5.80. The summed E-state index contributed by atoms with van der Waals surface area (Å²) < 4.78 is 12.9. The highest BCUT2D eigenvalue weighted by Gasteiger charge is 2.32. The minimum Gasteiger partial charge on any atom is -0.391 e. The first-order chi connectivity index (χ1) is 11.6. The molecule has 2 fully saturated rings. The molecular weight excluding hydrogens is 307 g/mol. The number of nitrogens with one attached hydrogen (secondary N) is 1. The van der Waals surface area contributed by atoms with E-state index in [2.05, 4.69) is 10.2 Å². The largest absolute Gasteiger partial charge is 0.391 e. The molecule has 1 aliphatic heterocycles. The number of aliphatic hydroxyl groups excluding tert-OH is 1. The van der Waals surface area contributed by atoms with Crippen molar-refractivity contribution in [3.63, 3.8) is 0 Å². The van der Waals surface area contributed by atoms with Crippen LogP contribution in [0.1, 0.15) is 24.8 Å². The number of piperidine rings is 1. The predicted molar refractivity (Wildman–Crippen MR) is 91.7 cm³/mol. The Bertz CT molecular complexity index is 584. The van der Waals surface area contributed by atoms with Gasteiger partial charge in [-0.15, -0.1) is 0 Å². The monoisotopic (exact) mass is 332 g/mol. The van der Waals surface area contributed by atoms with Gasteiger partial charge in [-0.1, -0.05) is 24.3 Å². The molecule has 1 saturated carbocycles. The Morgan fingerprint density at radius 2 is 2.04 bits per heavy atom. The van der Waals surface area contributed by atoms with Gasteiger partial charge in [0, 0.05) is 31.5 Å². The van der Waals surface area contributed by atoms with E-state index in [1.54, 1.807) is 12.1 Å². The molecular formula is C19H25FN2O2. The Kier molecular flexibility index (Phi) is 5.63. The molecule has 1 saturated heterocycles. The molecule has 5 heteroatoms. The van der Waals surface area contributed by atoms with Crippen molar-refractivity contribution < 1.29 is 14.3 Å². The van der Waals surface area contributed by atoms with E-state index >= 15 is 0 Å². The van der Waals surface area contributed by atoms with E-state index in [4.69, 9.17) is 0 Å². The van der Waals surface area contributed by atoms with E-state index in [9.17, 15) is 14.3 Å². The van der Waals surface area contributed by atoms with Crippen molar-refractivity contribution >= 4 is 12.0 Å². The summed E-state index contributed by atoms with van der Waals surface area (Å²) in [6.45, 7) is 2.87. The SMILES string of the molecule is O=C(NC[C@@H]1CCN(C/C=C/c2ccc(F)cc2)C[C@H]1O)C1CC1. The second kappa shape index (κ2) is 7.90. The van der Waals surface area contributed by atoms with Crippen LogP contribution in [0.25, 0.3) is 6.08 Å². The van der Waals surface area contributed by atoms with Crippen LogP contribution < -0.4 is 5.32 Å². The van der Waals surface area contributed by atoms with Crippen molar-refractivity contribution in [1.82, 2.24) is 10.2 Å². The zero-order valence-electron chi connectivity index (χ0n) is 13.8. The van der Waals surface area contributed by atoms with Crippen LogP contribution in [0.3, 0.4) is 0 Å². The van der Waals surface area contributed by atoms with E-state index in [-0.39, 0.29) is 23.6 Å². The zero-order valence-corrected chi connectivity index (χ0v) is 13.8. The van der Waals surface area contributed by atoms with Gasteiger partial charge in [-0.25, -0.2) is 4.39 Å². The van der Waals surface area contributed by atoms with Crippen molar-refractivity contribution in [3.05, 3.63) is 41.7 Å². The van der Waals surface area contributed by atoms with Crippen LogP contribution in [0.5, 0.6) is 0 Å². The van der Waals surface area contributed by atoms with E-state index in [0.29, 0.717) is 13.1 Å². The number of halogens is 1. The van der Waals surface area contributed by atoms with Crippen molar-refractivity contribution in [2.45, 2.75) is 25.4 Å². The average Bonchev–Trinajstić information content (AvgIpc) is 3.41. The van der Waals surface area contributed by atoms with E-state index in [1.165, 1.54) is 12.1 Å². The Balaban J connectivity index is 1.39. The highest BCUT2D eigenvalue weighted by atomic mass is 19.1. The minimum atomic E-state index is -0.405. The number of carbonyl (C=O) groups excluding carboxylic acids is 1. The first-order valence-electron chi connectivity index (χ1n) is 8.72. The van der Waals surface area contributed by atoms with Crippen molar-refractivity contribution in [2.24, 2.45) is 11.8 Å². The number of rotatable bonds is 6. The molecule has 2 N–H and O–H groups in total. The van der Waals surface area contributed by atoms with Gasteiger partial charge < -0.3 is 10.4 Å². The molecule has 24 heavy (non-hydrogen) atoms. The molecule has 1 heterocycles. The molecule has 1 aliphatic carbocycles. The maximum absolute atomic E-state index is 12.9. The van der Waals surface area contributed by atoms with Gasteiger partial charge in [0.15, 0.2) is 0 Å². The molecule has 1 amide bonds. The number of nitrogens with zero attached hydrogens (tertiary/aromatic N) is 1. The molecule has 4 nitrogen and oxygen atoms in total. The number of aliphatic hydroxyl groups is 1. The normalized spacial score (nSPS) is 25.1. The molecule has 0 radical (unpaired) electrons. The summed E-state index contributed by atoms with van der Waals surface area (Å²) in [7, 11) is 0. The van der Waals surface area contributed by atoms with E-state index in [1.807, 2.05) is 12.2 Å². The molecule has 2 aliphatic rings. The summed E-state index contributed by atoms with van der Waals surface area (Å²) in [4.78, 5) is 13.9. The van der Waals surface area contributed by atoms with Crippen molar-refractivity contribution in [3.8, 4) is 0 Å². The fourth-order valence-electron chi connectivity index (χ4n) is 3.08. The quantitative estimate of drug-likeness (QED) is 0.838. The summed E-state index contributed by atoms with van der Waals surface area (Å²) >= 11 is 0. The highest BCUT2D eigenvalue weighted by Crippen LogP contribution is 2.29. The van der Waals surface area contributed by atoms with E-state index < -0.39 is 6.10 Å². The molecule has 1 aromatic rings. The number of benzene rings is 1. The van der Waals surface area contributed by atoms with Gasteiger partial charge in [0.05, 0.1) is 6.10 Å². The van der Waals surface area contributed by atoms with Gasteiger partial charge in [-0.3, -0.25) is 9.69 Å². The van der Waals surface area contributed by atoms with Gasteiger partial charge in [0.1, 0.15) is 5.82 Å². The topological polar surface area (TPSA) is 52.6 Å². The number of likely N-dealkylation sites (tertiary alicyclic amines) is 1. The predicted octanol–water partition coefficient (Wildman–Crippen LogP) is 2.05. The smallest absolute Gasteiger partial charge is 0.223 e. The maximum Gasteiger partial charge on any atom is 0.223 e. The molecule has 3 rings (SSSR count). The lowest BCUT2D eigenvalue weighted by Crippen LogP contribution is -2.47. The van der Waals surface area contributed by atoms with Gasteiger partial charge in [-0.2, -0.15) is 0 Å². The van der Waals surface area contributed by atoms with Crippen LogP contribution in [-0.4, -0.2) is 48.2 Å². The lowest BCUT2D eigenvalue weighted by Gasteiger charge is -2.35. The zero-order chi connectivity index (χ0) is 16.9. The Morgan fingerprint density at radius 1 is 1.29 bits per heavy atom. The fraction of sp³-hybridized carbons (Fsp3) is 0.526. The Labute approximate surface area is 142 Å². The molecule has 0 aromatic heterocycles. The Morgan fingerprint density at radius 3 is 2.71 bits per heavy atom.